The van der Waals surface area contributed by atoms with E-state index in [0.717, 1.165) is 16.9 Å². The molecule has 1 aromatic carbocycles. The second kappa shape index (κ2) is 10.6. The minimum absolute atomic E-state index is 0.0266. The summed E-state index contributed by atoms with van der Waals surface area (Å²) in [6.07, 6.45) is 0. The Balaban J connectivity index is 1.68. The van der Waals surface area contributed by atoms with Gasteiger partial charge in [-0.15, -0.1) is 22.7 Å². The molecule has 2 aromatic heterocycles. The zero-order valence-corrected chi connectivity index (χ0v) is 18.8. The van der Waals surface area contributed by atoms with E-state index in [1.807, 2.05) is 30.3 Å². The van der Waals surface area contributed by atoms with Gasteiger partial charge in [-0.3, -0.25) is 9.59 Å². The summed E-state index contributed by atoms with van der Waals surface area (Å²) in [5.74, 6) is -2.31. The van der Waals surface area contributed by atoms with E-state index < -0.39 is 24.5 Å². The van der Waals surface area contributed by atoms with Gasteiger partial charge in [-0.25, -0.2) is 14.6 Å². The van der Waals surface area contributed by atoms with Gasteiger partial charge in [-0.05, 0) is 12.5 Å². The maximum Gasteiger partial charge on any atom is 0.358 e. The van der Waals surface area contributed by atoms with Crippen LogP contribution in [0.4, 0.5) is 10.1 Å². The van der Waals surface area contributed by atoms with E-state index >= 15 is 0 Å². The molecule has 0 saturated carbocycles. The lowest BCUT2D eigenvalue weighted by Gasteiger charge is -2.09. The maximum absolute atomic E-state index is 12.5. The number of benzene rings is 1. The van der Waals surface area contributed by atoms with Crippen molar-refractivity contribution >= 4 is 56.6 Å². The van der Waals surface area contributed by atoms with Gasteiger partial charge >= 0.3 is 11.9 Å². The van der Waals surface area contributed by atoms with Crippen molar-refractivity contribution in [2.75, 3.05) is 23.8 Å². The van der Waals surface area contributed by atoms with Crippen LogP contribution in [0, 0.1) is 0 Å². The first-order chi connectivity index (χ1) is 15.4. The largest absolute Gasteiger partial charge is 0.462 e. The van der Waals surface area contributed by atoms with Gasteiger partial charge in [-0.1, -0.05) is 30.3 Å². The zero-order valence-electron chi connectivity index (χ0n) is 17.2. The highest BCUT2D eigenvalue weighted by molar-refractivity contribution is 7.15. The Morgan fingerprint density at radius 1 is 0.969 bits per heavy atom. The smallest absolute Gasteiger partial charge is 0.358 e. The summed E-state index contributed by atoms with van der Waals surface area (Å²) in [5, 5.41) is 8.78. The van der Waals surface area contributed by atoms with Gasteiger partial charge in [0.25, 0.3) is 5.91 Å². The van der Waals surface area contributed by atoms with Crippen LogP contribution < -0.4 is 10.6 Å². The number of hydrogen-bond donors (Lipinski definition) is 2. The molecule has 32 heavy (non-hydrogen) atoms. The van der Waals surface area contributed by atoms with E-state index in [-0.39, 0.29) is 28.9 Å². The molecular formula is C21H19N3O6S2. The zero-order chi connectivity index (χ0) is 23.1. The third-order valence-electron chi connectivity index (χ3n) is 3.94. The summed E-state index contributed by atoms with van der Waals surface area (Å²) in [7, 11) is 0. The van der Waals surface area contributed by atoms with Crippen LogP contribution in [0.25, 0.3) is 11.1 Å². The number of thiazole rings is 1. The summed E-state index contributed by atoms with van der Waals surface area (Å²) in [6.45, 7) is 2.62. The number of hydrogen-bond acceptors (Lipinski definition) is 9. The Hall–Kier alpha value is -3.57. The molecule has 0 aliphatic carbocycles. The molecule has 0 unspecified atom stereocenters. The van der Waals surface area contributed by atoms with Crippen LogP contribution in [0.2, 0.25) is 0 Å². The fourth-order valence-corrected chi connectivity index (χ4v) is 4.33. The van der Waals surface area contributed by atoms with Crippen molar-refractivity contribution in [2.24, 2.45) is 0 Å². The summed E-state index contributed by atoms with van der Waals surface area (Å²) in [4.78, 5) is 52.0. The fraction of sp³-hybridized carbons (Fsp3) is 0.190. The third-order valence-corrected chi connectivity index (χ3v) is 5.59. The normalized spacial score (nSPS) is 10.3. The molecule has 3 aromatic rings. The first kappa shape index (κ1) is 23.1. The van der Waals surface area contributed by atoms with Crippen molar-refractivity contribution in [3.8, 4) is 11.1 Å². The quantitative estimate of drug-likeness (QED) is 0.477. The minimum Gasteiger partial charge on any atom is -0.462 e. The van der Waals surface area contributed by atoms with E-state index in [1.165, 1.54) is 23.6 Å². The number of nitrogens with one attached hydrogen (secondary N) is 2. The van der Waals surface area contributed by atoms with Gasteiger partial charge in [0.15, 0.2) is 17.4 Å². The van der Waals surface area contributed by atoms with E-state index in [0.29, 0.717) is 10.6 Å². The standard InChI is InChI=1S/C21H19N3O6S2/c1-3-29-20(28)17-14(13-7-5-4-6-8-13)10-31-18(17)24-16(26)9-30-19(27)15-11-32-21(23-15)22-12(2)25/h4-8,10-11H,3,9H2,1-2H3,(H,24,26)(H,22,23,25). The van der Waals surface area contributed by atoms with Crippen LogP contribution in [0.3, 0.4) is 0 Å². The second-order valence-electron chi connectivity index (χ2n) is 6.28. The molecule has 0 bridgehead atoms. The number of amides is 2. The molecular weight excluding hydrogens is 454 g/mol. The molecule has 3 rings (SSSR count). The second-order valence-corrected chi connectivity index (χ2v) is 8.02. The predicted molar refractivity (Wildman–Crippen MR) is 121 cm³/mol. The van der Waals surface area contributed by atoms with Crippen molar-refractivity contribution in [3.05, 3.63) is 52.3 Å². The number of carbonyl (C=O) groups is 4. The summed E-state index contributed by atoms with van der Waals surface area (Å²) in [6, 6.07) is 9.24. The molecule has 11 heteroatoms. The van der Waals surface area contributed by atoms with Crippen LogP contribution in [0.15, 0.2) is 41.1 Å². The number of rotatable bonds is 8. The van der Waals surface area contributed by atoms with Crippen molar-refractivity contribution in [1.82, 2.24) is 4.98 Å². The lowest BCUT2D eigenvalue weighted by atomic mass is 10.0. The predicted octanol–water partition coefficient (Wildman–Crippen LogP) is 3.80. The Bertz CT molecular complexity index is 1140. The van der Waals surface area contributed by atoms with Gasteiger partial charge in [0.05, 0.1) is 6.61 Å². The van der Waals surface area contributed by atoms with E-state index in [2.05, 4.69) is 15.6 Å². The lowest BCUT2D eigenvalue weighted by molar-refractivity contribution is -0.119. The van der Waals surface area contributed by atoms with Crippen LogP contribution >= 0.6 is 22.7 Å². The molecule has 0 fully saturated rings. The molecule has 0 radical (unpaired) electrons. The molecule has 0 atom stereocenters. The molecule has 9 nitrogen and oxygen atoms in total. The first-order valence-electron chi connectivity index (χ1n) is 9.43. The highest BCUT2D eigenvalue weighted by Crippen LogP contribution is 2.36. The number of carbonyl (C=O) groups excluding carboxylic acids is 4. The van der Waals surface area contributed by atoms with Gasteiger partial charge < -0.3 is 20.1 Å². The molecule has 166 valence electrons. The van der Waals surface area contributed by atoms with Crippen LogP contribution in [-0.2, 0) is 19.1 Å². The number of ether oxygens (including phenoxy) is 2. The Kier molecular flexibility index (Phi) is 7.68. The SMILES string of the molecule is CCOC(=O)c1c(-c2ccccc2)csc1NC(=O)COC(=O)c1csc(NC(C)=O)n1. The summed E-state index contributed by atoms with van der Waals surface area (Å²) >= 11 is 2.23. The molecule has 0 spiro atoms. The van der Waals surface area contributed by atoms with Crippen LogP contribution in [0.1, 0.15) is 34.7 Å². The summed E-state index contributed by atoms with van der Waals surface area (Å²) in [5.41, 5.74) is 1.65. The molecule has 2 heterocycles. The fourth-order valence-electron chi connectivity index (χ4n) is 2.63. The third kappa shape index (κ3) is 5.77. The van der Waals surface area contributed by atoms with E-state index in [1.54, 1.807) is 12.3 Å². The van der Waals surface area contributed by atoms with Crippen molar-refractivity contribution in [1.29, 1.82) is 0 Å². The lowest BCUT2D eigenvalue weighted by Crippen LogP contribution is -2.22. The van der Waals surface area contributed by atoms with Crippen molar-refractivity contribution in [3.63, 3.8) is 0 Å². The van der Waals surface area contributed by atoms with E-state index in [4.69, 9.17) is 9.47 Å². The Morgan fingerprint density at radius 3 is 2.41 bits per heavy atom. The van der Waals surface area contributed by atoms with Crippen molar-refractivity contribution < 1.29 is 28.7 Å². The minimum atomic E-state index is -0.810. The number of esters is 2. The Morgan fingerprint density at radius 2 is 1.72 bits per heavy atom. The maximum atomic E-state index is 12.5. The van der Waals surface area contributed by atoms with Crippen LogP contribution in [0.5, 0.6) is 0 Å². The highest BCUT2D eigenvalue weighted by Gasteiger charge is 2.23. The molecule has 2 N–H and O–H groups in total. The highest BCUT2D eigenvalue weighted by atomic mass is 32.1. The van der Waals surface area contributed by atoms with E-state index in [9.17, 15) is 19.2 Å². The average molecular weight is 474 g/mol. The number of aromatic nitrogens is 1. The van der Waals surface area contributed by atoms with Gasteiger partial charge in [0.1, 0.15) is 10.6 Å². The van der Waals surface area contributed by atoms with Gasteiger partial charge in [-0.2, -0.15) is 0 Å². The van der Waals surface area contributed by atoms with Crippen LogP contribution in [-0.4, -0.2) is 42.0 Å². The number of anilines is 2. The number of thiophene rings is 1. The van der Waals surface area contributed by atoms with Gasteiger partial charge in [0, 0.05) is 23.2 Å². The molecule has 0 saturated heterocycles. The monoisotopic (exact) mass is 473 g/mol. The van der Waals surface area contributed by atoms with Gasteiger partial charge in [0.2, 0.25) is 5.91 Å². The first-order valence-corrected chi connectivity index (χ1v) is 11.2. The van der Waals surface area contributed by atoms with Crippen molar-refractivity contribution in [2.45, 2.75) is 13.8 Å². The molecule has 2 amide bonds. The molecule has 0 aliphatic rings. The topological polar surface area (TPSA) is 124 Å². The summed E-state index contributed by atoms with van der Waals surface area (Å²) < 4.78 is 10.1. The number of nitrogens with zero attached hydrogens (tertiary/aromatic N) is 1. The average Bonchev–Trinajstić information content (AvgIpc) is 3.39. The Labute approximate surface area is 191 Å². The molecule has 0 aliphatic heterocycles.